The molecule has 5 aromatic rings. The number of anilines is 4. The fourth-order valence-corrected chi connectivity index (χ4v) is 3.85. The summed E-state index contributed by atoms with van der Waals surface area (Å²) < 4.78 is 7.14. The second kappa shape index (κ2) is 8.39. The Morgan fingerprint density at radius 2 is 1.88 bits per heavy atom. The molecule has 5 rings (SSSR count). The van der Waals surface area contributed by atoms with Crippen molar-refractivity contribution in [2.24, 2.45) is 7.05 Å². The van der Waals surface area contributed by atoms with Gasteiger partial charge in [-0.25, -0.2) is 15.0 Å². The molecule has 4 aromatic heterocycles. The number of rotatable bonds is 6. The van der Waals surface area contributed by atoms with E-state index in [2.05, 4.69) is 35.7 Å². The number of hydrogen-bond donors (Lipinski definition) is 4. The van der Waals surface area contributed by atoms with Crippen molar-refractivity contribution < 1.29 is 4.74 Å². The normalized spacial score (nSPS) is 11.1. The molecule has 1 aromatic carbocycles. The molecule has 172 valence electrons. The molecule has 0 fully saturated rings. The summed E-state index contributed by atoms with van der Waals surface area (Å²) in [5.74, 6) is 2.49. The maximum Gasteiger partial charge on any atom is 0.277 e. The van der Waals surface area contributed by atoms with Crippen molar-refractivity contribution in [3.63, 3.8) is 0 Å². The first-order chi connectivity index (χ1) is 16.4. The van der Waals surface area contributed by atoms with Crippen molar-refractivity contribution in [1.29, 1.82) is 0 Å². The Morgan fingerprint density at radius 1 is 1.03 bits per heavy atom. The average molecular weight is 457 g/mol. The highest BCUT2D eigenvalue weighted by atomic mass is 16.5. The zero-order valence-corrected chi connectivity index (χ0v) is 19.2. The van der Waals surface area contributed by atoms with E-state index < -0.39 is 0 Å². The van der Waals surface area contributed by atoms with Crippen LogP contribution in [0.15, 0.2) is 53.6 Å². The molecule has 0 aliphatic rings. The molecule has 0 unspecified atom stereocenters. The number of nitrogens with zero attached hydrogens (tertiary/aromatic N) is 4. The first-order valence-corrected chi connectivity index (χ1v) is 10.7. The second-order valence-electron chi connectivity index (χ2n) is 8.02. The molecule has 4 heterocycles. The molecule has 0 saturated heterocycles. The largest absolute Gasteiger partial charge is 0.494 e. The fourth-order valence-electron chi connectivity index (χ4n) is 3.85. The van der Waals surface area contributed by atoms with Crippen LogP contribution in [-0.4, -0.2) is 36.8 Å². The van der Waals surface area contributed by atoms with Gasteiger partial charge in [0.15, 0.2) is 11.4 Å². The summed E-state index contributed by atoms with van der Waals surface area (Å²) in [6, 6.07) is 11.3. The topological polar surface area (TPSA) is 126 Å². The fraction of sp³-hybridized carbons (Fsp3) is 0.167. The Bertz CT molecular complexity index is 1560. The van der Waals surface area contributed by atoms with Crippen molar-refractivity contribution in [1.82, 2.24) is 29.7 Å². The monoisotopic (exact) mass is 456 g/mol. The predicted molar refractivity (Wildman–Crippen MR) is 132 cm³/mol. The van der Waals surface area contributed by atoms with Crippen LogP contribution in [0.4, 0.5) is 23.0 Å². The van der Waals surface area contributed by atoms with Gasteiger partial charge in [-0.05, 0) is 43.7 Å². The van der Waals surface area contributed by atoms with E-state index in [0.717, 1.165) is 16.8 Å². The highest BCUT2D eigenvalue weighted by Gasteiger charge is 2.18. The van der Waals surface area contributed by atoms with Gasteiger partial charge in [-0.3, -0.25) is 14.6 Å². The average Bonchev–Trinajstić information content (AvgIpc) is 3.36. The number of aromatic nitrogens is 6. The van der Waals surface area contributed by atoms with Crippen LogP contribution >= 0.6 is 0 Å². The smallest absolute Gasteiger partial charge is 0.277 e. The van der Waals surface area contributed by atoms with Crippen LogP contribution in [0, 0.1) is 13.8 Å². The van der Waals surface area contributed by atoms with Crippen LogP contribution in [0.5, 0.6) is 5.75 Å². The minimum absolute atomic E-state index is 0.193. The zero-order valence-electron chi connectivity index (χ0n) is 19.2. The lowest BCUT2D eigenvalue weighted by Crippen LogP contribution is -2.12. The minimum Gasteiger partial charge on any atom is -0.494 e. The summed E-state index contributed by atoms with van der Waals surface area (Å²) in [6.45, 7) is 3.93. The number of benzene rings is 1. The summed E-state index contributed by atoms with van der Waals surface area (Å²) in [5.41, 5.74) is 4.33. The summed E-state index contributed by atoms with van der Waals surface area (Å²) in [4.78, 5) is 29.5. The maximum atomic E-state index is 12.9. The Morgan fingerprint density at radius 3 is 2.62 bits per heavy atom. The third-order valence-corrected chi connectivity index (χ3v) is 5.43. The summed E-state index contributed by atoms with van der Waals surface area (Å²) in [6.07, 6.45) is 3.49. The Kier molecular flexibility index (Phi) is 5.25. The number of H-pyrrole nitrogens is 2. The number of fused-ring (bicyclic) bond motifs is 1. The van der Waals surface area contributed by atoms with E-state index >= 15 is 0 Å². The van der Waals surface area contributed by atoms with E-state index in [1.807, 2.05) is 44.2 Å². The number of nitrogens with one attached hydrogen (secondary N) is 4. The van der Waals surface area contributed by atoms with Crippen molar-refractivity contribution in [3.05, 3.63) is 70.4 Å². The first-order valence-electron chi connectivity index (χ1n) is 10.7. The highest BCUT2D eigenvalue weighted by Crippen LogP contribution is 2.38. The molecular formula is C24H24N8O2. The lowest BCUT2D eigenvalue weighted by atomic mass is 10.1. The Hall–Kier alpha value is -4.60. The van der Waals surface area contributed by atoms with Gasteiger partial charge in [0.05, 0.1) is 24.0 Å². The Labute approximate surface area is 195 Å². The highest BCUT2D eigenvalue weighted by molar-refractivity contribution is 5.94. The maximum absolute atomic E-state index is 12.9. The van der Waals surface area contributed by atoms with E-state index in [9.17, 15) is 4.79 Å². The number of aromatic amines is 2. The number of methoxy groups -OCH3 is 1. The molecule has 0 aliphatic carbocycles. The van der Waals surface area contributed by atoms with Gasteiger partial charge in [0, 0.05) is 31.2 Å². The van der Waals surface area contributed by atoms with Gasteiger partial charge >= 0.3 is 0 Å². The molecule has 0 atom stereocenters. The van der Waals surface area contributed by atoms with Gasteiger partial charge in [-0.15, -0.1) is 0 Å². The van der Waals surface area contributed by atoms with Crippen molar-refractivity contribution in [2.45, 2.75) is 13.8 Å². The molecule has 0 spiro atoms. The summed E-state index contributed by atoms with van der Waals surface area (Å²) in [7, 11) is 3.26. The zero-order chi connectivity index (χ0) is 23.8. The SMILES string of the molecule is COc1c(Nc2cc(Nc3cc(C)ccn3)nc3[nH]n(C)c(=O)c23)cccc1-c1ncc(C)[nH]1. The summed E-state index contributed by atoms with van der Waals surface area (Å²) >= 11 is 0. The predicted octanol–water partition coefficient (Wildman–Crippen LogP) is 4.16. The van der Waals surface area contributed by atoms with E-state index in [-0.39, 0.29) is 5.56 Å². The molecule has 0 radical (unpaired) electrons. The van der Waals surface area contributed by atoms with Crippen molar-refractivity contribution in [2.75, 3.05) is 17.7 Å². The van der Waals surface area contributed by atoms with Gasteiger partial charge in [-0.1, -0.05) is 6.07 Å². The van der Waals surface area contributed by atoms with Crippen LogP contribution in [0.25, 0.3) is 22.4 Å². The number of ether oxygens (including phenoxy) is 1. The van der Waals surface area contributed by atoms with E-state index in [0.29, 0.717) is 45.6 Å². The minimum atomic E-state index is -0.193. The third-order valence-electron chi connectivity index (χ3n) is 5.43. The van der Waals surface area contributed by atoms with Crippen molar-refractivity contribution in [3.8, 4) is 17.1 Å². The number of pyridine rings is 2. The molecule has 10 heteroatoms. The quantitative estimate of drug-likeness (QED) is 0.302. The lowest BCUT2D eigenvalue weighted by molar-refractivity contribution is 0.418. The number of para-hydroxylation sites is 1. The first kappa shape index (κ1) is 21.3. The molecule has 0 aliphatic heterocycles. The Balaban J connectivity index is 1.61. The third kappa shape index (κ3) is 3.85. The van der Waals surface area contributed by atoms with Gasteiger partial charge in [0.1, 0.15) is 22.8 Å². The van der Waals surface area contributed by atoms with Gasteiger partial charge in [0.2, 0.25) is 0 Å². The molecule has 0 amide bonds. The van der Waals surface area contributed by atoms with E-state index in [1.165, 1.54) is 4.68 Å². The van der Waals surface area contributed by atoms with E-state index in [1.54, 1.807) is 32.6 Å². The molecule has 10 nitrogen and oxygen atoms in total. The molecular weight excluding hydrogens is 432 g/mol. The number of hydrogen-bond acceptors (Lipinski definition) is 7. The molecule has 4 N–H and O–H groups in total. The van der Waals surface area contributed by atoms with Crippen LogP contribution < -0.4 is 20.9 Å². The second-order valence-corrected chi connectivity index (χ2v) is 8.02. The van der Waals surface area contributed by atoms with Gasteiger partial charge in [-0.2, -0.15) is 0 Å². The van der Waals surface area contributed by atoms with Crippen LogP contribution in [-0.2, 0) is 7.05 Å². The number of aryl methyl sites for hydroxylation is 3. The van der Waals surface area contributed by atoms with Crippen LogP contribution in [0.3, 0.4) is 0 Å². The molecule has 0 bridgehead atoms. The van der Waals surface area contributed by atoms with Gasteiger partial charge < -0.3 is 20.4 Å². The number of imidazole rings is 1. The standard InChI is InChI=1S/C24H24N8O2/c1-13-8-9-25-18(10-13)29-19-11-17(20-23(30-19)31-32(3)24(20)33)28-16-7-5-6-15(21(16)34-4)22-26-12-14(2)27-22/h5-12H,1-4H3,(H,26,27)(H3,25,28,29,30,31). The lowest BCUT2D eigenvalue weighted by Gasteiger charge is -2.15. The van der Waals surface area contributed by atoms with Crippen molar-refractivity contribution >= 4 is 34.0 Å². The van der Waals surface area contributed by atoms with E-state index in [4.69, 9.17) is 4.74 Å². The summed E-state index contributed by atoms with van der Waals surface area (Å²) in [5, 5.41) is 10.0. The molecule has 34 heavy (non-hydrogen) atoms. The van der Waals surface area contributed by atoms with Gasteiger partial charge in [0.25, 0.3) is 5.56 Å². The molecule has 0 saturated carbocycles. The van der Waals surface area contributed by atoms with Crippen LogP contribution in [0.1, 0.15) is 11.3 Å². The van der Waals surface area contributed by atoms with Crippen LogP contribution in [0.2, 0.25) is 0 Å².